The number of benzene rings is 2. The predicted octanol–water partition coefficient (Wildman–Crippen LogP) is 5.16. The van der Waals surface area contributed by atoms with Gasteiger partial charge in [0.15, 0.2) is 0 Å². The molecule has 212 valence electrons. The van der Waals surface area contributed by atoms with E-state index in [1.807, 2.05) is 57.4 Å². The monoisotopic (exact) mass is 544 g/mol. The highest BCUT2D eigenvalue weighted by Gasteiger charge is 2.17. The molecule has 1 amide bonds. The van der Waals surface area contributed by atoms with Crippen LogP contribution in [0, 0.1) is 6.92 Å². The summed E-state index contributed by atoms with van der Waals surface area (Å²) in [5.41, 5.74) is 5.75. The molecule has 0 aliphatic carbocycles. The lowest BCUT2D eigenvalue weighted by atomic mass is 10.1. The Morgan fingerprint density at radius 1 is 1.07 bits per heavy atom. The van der Waals surface area contributed by atoms with Crippen LogP contribution in [0.4, 0.5) is 28.6 Å². The minimum absolute atomic E-state index is 0.302. The number of hydrazone groups is 1. The van der Waals surface area contributed by atoms with Crippen LogP contribution in [0.25, 0.3) is 11.3 Å². The van der Waals surface area contributed by atoms with E-state index in [2.05, 4.69) is 69.7 Å². The maximum Gasteiger partial charge on any atom is 0.247 e. The smallest absolute Gasteiger partial charge is 0.247 e. The lowest BCUT2D eigenvalue weighted by Crippen LogP contribution is -2.35. The number of nitrogens with one attached hydrogen (secondary N) is 2. The normalized spacial score (nSPS) is 10.8. The second-order valence-electron chi connectivity index (χ2n) is 9.84. The molecule has 0 fully saturated rings. The maximum absolute atomic E-state index is 12.3. The third-order valence-corrected chi connectivity index (χ3v) is 6.84. The molecule has 0 bridgehead atoms. The third kappa shape index (κ3) is 7.35. The number of rotatable bonds is 13. The van der Waals surface area contributed by atoms with Gasteiger partial charge >= 0.3 is 0 Å². The number of hydrogen-bond acceptors (Lipinski definition) is 9. The fourth-order valence-corrected chi connectivity index (χ4v) is 4.04. The van der Waals surface area contributed by atoms with Gasteiger partial charge in [-0.25, -0.2) is 9.97 Å². The van der Waals surface area contributed by atoms with Crippen molar-refractivity contribution in [1.82, 2.24) is 14.9 Å². The average Bonchev–Trinajstić information content (AvgIpc) is 2.95. The van der Waals surface area contributed by atoms with Crippen LogP contribution in [0.2, 0.25) is 0 Å². The first-order chi connectivity index (χ1) is 19.1. The van der Waals surface area contributed by atoms with Crippen molar-refractivity contribution in [2.24, 2.45) is 5.10 Å². The highest BCUT2D eigenvalue weighted by atomic mass is 16.5. The number of ether oxygens (including phenoxy) is 1. The summed E-state index contributed by atoms with van der Waals surface area (Å²) in [5.74, 6) is 0.872. The van der Waals surface area contributed by atoms with Crippen LogP contribution >= 0.6 is 0 Å². The molecule has 1 aromatic heterocycles. The minimum Gasteiger partial charge on any atom is -0.494 e. The molecule has 1 heterocycles. The first kappa shape index (κ1) is 30.1. The molecular weight excluding hydrogens is 504 g/mol. The first-order valence-corrected chi connectivity index (χ1v) is 13.0. The Balaban J connectivity index is 1.97. The van der Waals surface area contributed by atoms with Crippen LogP contribution in [0.1, 0.15) is 19.4 Å². The van der Waals surface area contributed by atoms with Crippen LogP contribution in [0.5, 0.6) is 5.75 Å². The fraction of sp³-hybridized carbons (Fsp3) is 0.333. The fourth-order valence-electron chi connectivity index (χ4n) is 4.04. The Morgan fingerprint density at radius 3 is 2.48 bits per heavy atom. The molecular formula is C30H40N8O2. The number of anilines is 5. The van der Waals surface area contributed by atoms with Gasteiger partial charge in [-0.15, -0.1) is 0 Å². The number of carbonyl (C=O) groups is 1. The predicted molar refractivity (Wildman–Crippen MR) is 166 cm³/mol. The molecule has 10 nitrogen and oxygen atoms in total. The summed E-state index contributed by atoms with van der Waals surface area (Å²) in [5, 5.41) is 12.0. The number of methoxy groups -OCH3 is 1. The van der Waals surface area contributed by atoms with Crippen molar-refractivity contribution in [3.05, 3.63) is 60.9 Å². The largest absolute Gasteiger partial charge is 0.494 e. The molecule has 0 radical (unpaired) electrons. The Bertz CT molecular complexity index is 1360. The van der Waals surface area contributed by atoms with Crippen LogP contribution in [0.3, 0.4) is 0 Å². The molecule has 2 aromatic carbocycles. The molecule has 10 heteroatoms. The van der Waals surface area contributed by atoms with Crippen molar-refractivity contribution in [3.8, 4) is 17.0 Å². The van der Waals surface area contributed by atoms with E-state index in [4.69, 9.17) is 4.74 Å². The van der Waals surface area contributed by atoms with Gasteiger partial charge in [0.1, 0.15) is 17.9 Å². The molecule has 0 saturated carbocycles. The lowest BCUT2D eigenvalue weighted by Gasteiger charge is -2.28. The highest BCUT2D eigenvalue weighted by Crippen LogP contribution is 2.38. The van der Waals surface area contributed by atoms with Crippen molar-refractivity contribution in [1.29, 1.82) is 0 Å². The van der Waals surface area contributed by atoms with E-state index >= 15 is 0 Å². The van der Waals surface area contributed by atoms with Gasteiger partial charge < -0.3 is 25.2 Å². The SMILES string of the molecule is C=CC(=O)Nc1cc(Nc2cc(-c3ccc(C)c(N(C)N=C)c3)ncn2)c(OC)cc1N(C)CCN(C)C(C)C. The van der Waals surface area contributed by atoms with Gasteiger partial charge in [0.25, 0.3) is 0 Å². The van der Waals surface area contributed by atoms with E-state index in [1.165, 1.54) is 12.4 Å². The summed E-state index contributed by atoms with van der Waals surface area (Å²) in [6, 6.07) is 12.1. The maximum atomic E-state index is 12.3. The summed E-state index contributed by atoms with van der Waals surface area (Å²) < 4.78 is 5.74. The van der Waals surface area contributed by atoms with Crippen molar-refractivity contribution in [2.45, 2.75) is 26.8 Å². The number of amides is 1. The lowest BCUT2D eigenvalue weighted by molar-refractivity contribution is -0.111. The van der Waals surface area contributed by atoms with E-state index in [-0.39, 0.29) is 5.91 Å². The van der Waals surface area contributed by atoms with Gasteiger partial charge in [0.2, 0.25) is 5.91 Å². The third-order valence-electron chi connectivity index (χ3n) is 6.84. The van der Waals surface area contributed by atoms with Crippen molar-refractivity contribution in [3.63, 3.8) is 0 Å². The van der Waals surface area contributed by atoms with E-state index in [9.17, 15) is 4.79 Å². The molecule has 2 N–H and O–H groups in total. The molecule has 0 atom stereocenters. The minimum atomic E-state index is -0.302. The van der Waals surface area contributed by atoms with Gasteiger partial charge in [-0.2, -0.15) is 5.10 Å². The number of carbonyl (C=O) groups excluding carboxylic acids is 1. The van der Waals surface area contributed by atoms with Crippen molar-refractivity contribution < 1.29 is 9.53 Å². The molecule has 0 saturated heterocycles. The van der Waals surface area contributed by atoms with Crippen molar-refractivity contribution in [2.75, 3.05) is 61.9 Å². The zero-order chi connectivity index (χ0) is 29.4. The average molecular weight is 545 g/mol. The van der Waals surface area contributed by atoms with E-state index < -0.39 is 0 Å². The van der Waals surface area contributed by atoms with Gasteiger partial charge in [-0.3, -0.25) is 9.80 Å². The molecule has 40 heavy (non-hydrogen) atoms. The zero-order valence-corrected chi connectivity index (χ0v) is 24.5. The molecule has 0 unspecified atom stereocenters. The Morgan fingerprint density at radius 2 is 1.82 bits per heavy atom. The van der Waals surface area contributed by atoms with Gasteiger partial charge in [-0.05, 0) is 51.6 Å². The number of hydrogen-bond donors (Lipinski definition) is 2. The van der Waals surface area contributed by atoms with Gasteiger partial charge in [0, 0.05) is 57.6 Å². The van der Waals surface area contributed by atoms with Gasteiger partial charge in [0.05, 0.1) is 35.6 Å². The van der Waals surface area contributed by atoms with E-state index in [0.717, 1.165) is 41.3 Å². The second-order valence-corrected chi connectivity index (χ2v) is 9.84. The second kappa shape index (κ2) is 13.6. The van der Waals surface area contributed by atoms with Crippen LogP contribution < -0.4 is 25.3 Å². The molecule has 3 rings (SSSR count). The Labute approximate surface area is 237 Å². The van der Waals surface area contributed by atoms with Crippen molar-refractivity contribution >= 4 is 41.2 Å². The number of nitrogens with zero attached hydrogens (tertiary/aromatic N) is 6. The summed E-state index contributed by atoms with van der Waals surface area (Å²) in [6.45, 7) is 15.2. The summed E-state index contributed by atoms with van der Waals surface area (Å²) in [4.78, 5) is 25.6. The van der Waals surface area contributed by atoms with E-state index in [0.29, 0.717) is 29.0 Å². The standard InChI is InChI=1S/C30H40N8O2/c1-10-30(39)35-24-16-25(28(40-9)18-27(24)37(7)14-13-36(6)20(2)3)34-29-17-23(32-19-33-29)22-12-11-21(4)26(15-22)38(8)31-5/h10-12,15-20H,1,5,13-14H2,2-4,6-9H3,(H,35,39)(H,32,33,34). The summed E-state index contributed by atoms with van der Waals surface area (Å²) >= 11 is 0. The quantitative estimate of drug-likeness (QED) is 0.173. The first-order valence-electron chi connectivity index (χ1n) is 13.0. The topological polar surface area (TPSA) is 98.2 Å². The molecule has 0 aliphatic heterocycles. The van der Waals surface area contributed by atoms with Crippen LogP contribution in [-0.2, 0) is 4.79 Å². The zero-order valence-electron chi connectivity index (χ0n) is 24.5. The summed E-state index contributed by atoms with van der Waals surface area (Å²) in [7, 11) is 7.55. The molecule has 0 spiro atoms. The number of aryl methyl sites for hydroxylation is 1. The van der Waals surface area contributed by atoms with Crippen LogP contribution in [-0.4, -0.2) is 74.9 Å². The number of likely N-dealkylation sites (N-methyl/N-ethyl adjacent to an activating group) is 2. The molecule has 3 aromatic rings. The van der Waals surface area contributed by atoms with Gasteiger partial charge in [-0.1, -0.05) is 18.7 Å². The van der Waals surface area contributed by atoms with E-state index in [1.54, 1.807) is 12.1 Å². The Hall–Kier alpha value is -4.44. The summed E-state index contributed by atoms with van der Waals surface area (Å²) in [6.07, 6.45) is 2.76. The molecule has 0 aliphatic rings. The number of aromatic nitrogens is 2. The highest BCUT2D eigenvalue weighted by molar-refractivity contribution is 6.02. The Kier molecular flexibility index (Phi) is 10.2. The van der Waals surface area contributed by atoms with Crippen LogP contribution in [0.15, 0.2) is 60.5 Å².